The summed E-state index contributed by atoms with van der Waals surface area (Å²) in [6, 6.07) is 43.0. The summed E-state index contributed by atoms with van der Waals surface area (Å²) in [5.41, 5.74) is 11.8. The minimum atomic E-state index is -2.92. The molecule has 0 aliphatic heterocycles. The summed E-state index contributed by atoms with van der Waals surface area (Å²) in [7, 11) is -2.93. The van der Waals surface area contributed by atoms with Crippen molar-refractivity contribution in [1.29, 1.82) is 0 Å². The average Bonchev–Trinajstić information content (AvgIpc) is 3.76. The molecule has 0 aromatic heterocycles. The Morgan fingerprint density at radius 3 is 1.25 bits per heavy atom. The SMILES string of the molecule is CC[Si](CC)(CC)c1ccc([C](c2ccc([Si](CC)(CC)CC)cc2)=[Hf]([CH]2C=CC=C2)[CH]2c3cc(C)ccc3-c3ccc(C)cc32)cc1. The van der Waals surface area contributed by atoms with Crippen molar-refractivity contribution < 1.29 is 21.0 Å². The molecule has 6 rings (SSSR count). The summed E-state index contributed by atoms with van der Waals surface area (Å²) >= 11 is -2.92. The number of hydrogen-bond acceptors (Lipinski definition) is 0. The molecule has 2 aliphatic rings. The molecule has 0 N–H and O–H groups in total. The molecule has 48 heavy (non-hydrogen) atoms. The molecule has 0 saturated carbocycles. The molecule has 3 heteroatoms. The monoisotopic (exact) mass is 832 g/mol. The van der Waals surface area contributed by atoms with E-state index in [9.17, 15) is 0 Å². The Bertz CT molecular complexity index is 1700. The number of fused-ring (bicyclic) bond motifs is 3. The molecular weight excluding hydrogens is 775 g/mol. The van der Waals surface area contributed by atoms with Crippen LogP contribution in [0.1, 0.15) is 78.6 Å². The normalized spacial score (nSPS) is 14.4. The van der Waals surface area contributed by atoms with E-state index in [2.05, 4.69) is 165 Å². The first kappa shape index (κ1) is 35.4. The van der Waals surface area contributed by atoms with Crippen LogP contribution in [0.25, 0.3) is 11.1 Å². The molecular formula is C45H56HfSi2. The van der Waals surface area contributed by atoms with Crippen LogP contribution in [-0.4, -0.2) is 19.4 Å². The Hall–Kier alpha value is -2.47. The van der Waals surface area contributed by atoms with Gasteiger partial charge in [0.1, 0.15) is 0 Å². The molecule has 4 aromatic carbocycles. The van der Waals surface area contributed by atoms with Crippen molar-refractivity contribution in [2.24, 2.45) is 0 Å². The van der Waals surface area contributed by atoms with Gasteiger partial charge >= 0.3 is 303 Å². The number of allylic oxidation sites excluding steroid dienone is 4. The van der Waals surface area contributed by atoms with E-state index in [0.29, 0.717) is 7.35 Å². The third-order valence-corrected chi connectivity index (χ3v) is 36.5. The molecule has 0 bridgehead atoms. The van der Waals surface area contributed by atoms with Crippen LogP contribution in [0, 0.1) is 13.8 Å². The number of aryl methyl sites for hydroxylation is 2. The van der Waals surface area contributed by atoms with Gasteiger partial charge in [-0.2, -0.15) is 0 Å². The molecule has 0 fully saturated rings. The van der Waals surface area contributed by atoms with E-state index in [1.54, 1.807) is 24.8 Å². The standard InChI is InChI=1S/C25H38Si2.C15H13.C5H5.Hf/c1-7-26(8-2,9-3)24-17-13-22(14-18-24)21-23-15-19-25(20-16-23)27(10-4,11-5)12-6;1-10-3-5-14-12(7-10)9-13-8-11(2)4-6-15(13)14;1-2-4-5-3-1;/h13-20H,7-12H2,1-6H3;3-9H,1-2H3;1-5H;. The summed E-state index contributed by atoms with van der Waals surface area (Å²) in [4.78, 5) is 0. The van der Waals surface area contributed by atoms with Crippen LogP contribution < -0.4 is 10.4 Å². The first-order valence-electron chi connectivity index (χ1n) is 18.8. The van der Waals surface area contributed by atoms with E-state index in [4.69, 9.17) is 0 Å². The predicted octanol–water partition coefficient (Wildman–Crippen LogP) is 11.6. The van der Waals surface area contributed by atoms with Crippen molar-refractivity contribution in [1.82, 2.24) is 0 Å². The van der Waals surface area contributed by atoms with Crippen molar-refractivity contribution in [3.63, 3.8) is 0 Å². The Kier molecular flexibility index (Phi) is 10.9. The van der Waals surface area contributed by atoms with Crippen molar-refractivity contribution >= 4 is 29.8 Å². The molecule has 0 unspecified atom stereocenters. The van der Waals surface area contributed by atoms with Gasteiger partial charge in [-0.15, -0.1) is 0 Å². The van der Waals surface area contributed by atoms with Gasteiger partial charge in [-0.25, -0.2) is 0 Å². The second kappa shape index (κ2) is 14.8. The van der Waals surface area contributed by atoms with E-state index in [-0.39, 0.29) is 0 Å². The van der Waals surface area contributed by atoms with Gasteiger partial charge in [-0.3, -0.25) is 0 Å². The van der Waals surface area contributed by atoms with Gasteiger partial charge in [0.05, 0.1) is 0 Å². The molecule has 0 atom stereocenters. The van der Waals surface area contributed by atoms with Crippen LogP contribution in [0.2, 0.25) is 39.9 Å². The molecule has 2 aliphatic carbocycles. The third kappa shape index (κ3) is 6.22. The van der Waals surface area contributed by atoms with E-state index in [0.717, 1.165) is 0 Å². The zero-order valence-electron chi connectivity index (χ0n) is 30.8. The zero-order valence-corrected chi connectivity index (χ0v) is 36.4. The quantitative estimate of drug-likeness (QED) is 0.125. The van der Waals surface area contributed by atoms with Crippen LogP contribution in [0.3, 0.4) is 0 Å². The summed E-state index contributed by atoms with van der Waals surface area (Å²) in [5, 5.41) is 3.29. The Morgan fingerprint density at radius 2 is 0.896 bits per heavy atom. The van der Waals surface area contributed by atoms with Gasteiger partial charge in [-0.1, -0.05) is 0 Å². The summed E-state index contributed by atoms with van der Waals surface area (Å²) in [6.45, 7) is 19.2. The third-order valence-electron chi connectivity index (χ3n) is 12.7. The second-order valence-electron chi connectivity index (χ2n) is 14.6. The van der Waals surface area contributed by atoms with E-state index in [1.165, 1.54) is 69.6 Å². The molecule has 0 saturated heterocycles. The fourth-order valence-electron chi connectivity index (χ4n) is 9.18. The summed E-state index contributed by atoms with van der Waals surface area (Å²) < 4.78 is 2.72. The van der Waals surface area contributed by atoms with Crippen LogP contribution in [-0.2, 0) is 21.0 Å². The van der Waals surface area contributed by atoms with Gasteiger partial charge in [0.25, 0.3) is 0 Å². The summed E-state index contributed by atoms with van der Waals surface area (Å²) in [6.07, 6.45) is 9.77. The van der Waals surface area contributed by atoms with Crippen molar-refractivity contribution in [2.75, 3.05) is 0 Å². The van der Waals surface area contributed by atoms with Crippen molar-refractivity contribution in [2.45, 2.75) is 99.0 Å². The fourth-order valence-corrected chi connectivity index (χ4v) is 30.0. The first-order valence-corrected chi connectivity index (χ1v) is 30.0. The zero-order chi connectivity index (χ0) is 34.1. The first-order chi connectivity index (χ1) is 23.3. The molecule has 0 spiro atoms. The van der Waals surface area contributed by atoms with Gasteiger partial charge < -0.3 is 0 Å². The van der Waals surface area contributed by atoms with Crippen LogP contribution in [0.5, 0.6) is 0 Å². The topological polar surface area (TPSA) is 0 Å². The van der Waals surface area contributed by atoms with Crippen molar-refractivity contribution in [3.05, 3.63) is 143 Å². The Balaban J connectivity index is 1.66. The van der Waals surface area contributed by atoms with Crippen LogP contribution in [0.15, 0.2) is 109 Å². The Labute approximate surface area is 301 Å². The van der Waals surface area contributed by atoms with Gasteiger partial charge in [0, 0.05) is 0 Å². The maximum atomic E-state index is 2.56. The molecule has 4 aromatic rings. The van der Waals surface area contributed by atoms with E-state index < -0.39 is 37.1 Å². The van der Waals surface area contributed by atoms with Gasteiger partial charge in [0.2, 0.25) is 0 Å². The molecule has 0 radical (unpaired) electrons. The maximum absolute atomic E-state index is 2.92. The molecule has 0 nitrogen and oxygen atoms in total. The van der Waals surface area contributed by atoms with Crippen molar-refractivity contribution in [3.8, 4) is 11.1 Å². The average molecular weight is 832 g/mol. The summed E-state index contributed by atoms with van der Waals surface area (Å²) in [5.74, 6) is 0. The molecule has 0 heterocycles. The number of hydrogen-bond donors (Lipinski definition) is 0. The second-order valence-corrected chi connectivity index (χ2v) is 34.6. The predicted molar refractivity (Wildman–Crippen MR) is 215 cm³/mol. The van der Waals surface area contributed by atoms with E-state index >= 15 is 0 Å². The molecule has 0 amide bonds. The van der Waals surface area contributed by atoms with Gasteiger partial charge in [0.15, 0.2) is 0 Å². The Morgan fingerprint density at radius 1 is 0.521 bits per heavy atom. The minimum absolute atomic E-state index is 0.484. The van der Waals surface area contributed by atoms with Crippen LogP contribution >= 0.6 is 0 Å². The fraction of sp³-hybridized carbons (Fsp3) is 0.356. The van der Waals surface area contributed by atoms with E-state index in [1.807, 2.05) is 0 Å². The number of rotatable bonds is 12. The molecule has 248 valence electrons. The van der Waals surface area contributed by atoms with Gasteiger partial charge in [-0.05, 0) is 0 Å². The number of benzene rings is 4. The van der Waals surface area contributed by atoms with Crippen LogP contribution in [0.4, 0.5) is 0 Å².